The summed E-state index contributed by atoms with van der Waals surface area (Å²) in [6, 6.07) is 7.55. The Hall–Kier alpha value is -0.620. The number of ether oxygens (including phenoxy) is 1. The zero-order chi connectivity index (χ0) is 14.4. The third kappa shape index (κ3) is 5.40. The van der Waals surface area contributed by atoms with Gasteiger partial charge in [-0.2, -0.15) is 0 Å². The lowest BCUT2D eigenvalue weighted by molar-refractivity contribution is 0.105. The Morgan fingerprint density at radius 1 is 1.30 bits per heavy atom. The first kappa shape index (κ1) is 15.8. The SMILES string of the molecule is OC(CNCC1CCC(O)C1)COc1ccc(Br)cc1. The Labute approximate surface area is 128 Å². The van der Waals surface area contributed by atoms with E-state index in [0.29, 0.717) is 12.5 Å². The Morgan fingerprint density at radius 2 is 2.05 bits per heavy atom. The number of rotatable bonds is 7. The third-order valence-electron chi connectivity index (χ3n) is 3.58. The molecule has 1 aliphatic rings. The molecule has 0 radical (unpaired) electrons. The number of hydrogen-bond acceptors (Lipinski definition) is 4. The minimum Gasteiger partial charge on any atom is -0.491 e. The molecule has 4 nitrogen and oxygen atoms in total. The van der Waals surface area contributed by atoms with Crippen molar-refractivity contribution in [3.8, 4) is 5.75 Å². The molecule has 3 unspecified atom stereocenters. The van der Waals surface area contributed by atoms with Crippen molar-refractivity contribution in [1.29, 1.82) is 0 Å². The summed E-state index contributed by atoms with van der Waals surface area (Å²) < 4.78 is 6.52. The van der Waals surface area contributed by atoms with Gasteiger partial charge in [-0.1, -0.05) is 15.9 Å². The van der Waals surface area contributed by atoms with Gasteiger partial charge in [0.05, 0.1) is 6.10 Å². The van der Waals surface area contributed by atoms with Crippen LogP contribution in [0.25, 0.3) is 0 Å². The quantitative estimate of drug-likeness (QED) is 0.708. The van der Waals surface area contributed by atoms with Gasteiger partial charge in [0.2, 0.25) is 0 Å². The van der Waals surface area contributed by atoms with Crippen molar-refractivity contribution in [3.05, 3.63) is 28.7 Å². The maximum atomic E-state index is 9.84. The van der Waals surface area contributed by atoms with Gasteiger partial charge in [-0.3, -0.25) is 0 Å². The highest BCUT2D eigenvalue weighted by molar-refractivity contribution is 9.10. The predicted molar refractivity (Wildman–Crippen MR) is 81.9 cm³/mol. The summed E-state index contributed by atoms with van der Waals surface area (Å²) in [5, 5.41) is 22.5. The topological polar surface area (TPSA) is 61.7 Å². The van der Waals surface area contributed by atoms with Gasteiger partial charge in [-0.05, 0) is 56.0 Å². The van der Waals surface area contributed by atoms with E-state index in [9.17, 15) is 10.2 Å². The molecule has 1 saturated carbocycles. The Kier molecular flexibility index (Phi) is 6.29. The summed E-state index contributed by atoms with van der Waals surface area (Å²) in [6.07, 6.45) is 2.19. The van der Waals surface area contributed by atoms with Crippen LogP contribution in [0.15, 0.2) is 28.7 Å². The van der Waals surface area contributed by atoms with Crippen LogP contribution in [0.1, 0.15) is 19.3 Å². The molecule has 0 aromatic heterocycles. The van der Waals surface area contributed by atoms with Crippen LogP contribution < -0.4 is 10.1 Å². The van der Waals surface area contributed by atoms with E-state index in [1.165, 1.54) is 0 Å². The van der Waals surface area contributed by atoms with Crippen LogP contribution in [0.3, 0.4) is 0 Å². The van der Waals surface area contributed by atoms with Crippen LogP contribution in [0.5, 0.6) is 5.75 Å². The van der Waals surface area contributed by atoms with Crippen molar-refractivity contribution >= 4 is 15.9 Å². The Morgan fingerprint density at radius 3 is 2.70 bits per heavy atom. The van der Waals surface area contributed by atoms with Crippen LogP contribution in [0.4, 0.5) is 0 Å². The molecular weight excluding hydrogens is 322 g/mol. The average Bonchev–Trinajstić information content (AvgIpc) is 2.84. The van der Waals surface area contributed by atoms with E-state index in [0.717, 1.165) is 36.0 Å². The first-order chi connectivity index (χ1) is 9.63. The molecule has 20 heavy (non-hydrogen) atoms. The zero-order valence-corrected chi connectivity index (χ0v) is 13.1. The molecule has 3 N–H and O–H groups in total. The molecule has 1 fully saturated rings. The fourth-order valence-electron chi connectivity index (χ4n) is 2.47. The predicted octanol–water partition coefficient (Wildman–Crippen LogP) is 1.94. The Balaban J connectivity index is 1.58. The smallest absolute Gasteiger partial charge is 0.119 e. The molecular formula is C15H22BrNO3. The molecule has 0 amide bonds. The molecule has 0 spiro atoms. The molecule has 1 aliphatic carbocycles. The molecule has 1 aromatic carbocycles. The molecule has 112 valence electrons. The summed E-state index contributed by atoms with van der Waals surface area (Å²) in [5.41, 5.74) is 0. The molecule has 0 bridgehead atoms. The monoisotopic (exact) mass is 343 g/mol. The fraction of sp³-hybridized carbons (Fsp3) is 0.600. The van der Waals surface area contributed by atoms with E-state index < -0.39 is 6.10 Å². The Bertz CT molecular complexity index is 399. The largest absolute Gasteiger partial charge is 0.491 e. The maximum absolute atomic E-state index is 9.84. The number of benzene rings is 1. The van der Waals surface area contributed by atoms with Crippen LogP contribution >= 0.6 is 15.9 Å². The summed E-state index contributed by atoms with van der Waals surface area (Å²) in [4.78, 5) is 0. The van der Waals surface area contributed by atoms with Crippen molar-refractivity contribution in [1.82, 2.24) is 5.32 Å². The molecule has 2 rings (SSSR count). The van der Waals surface area contributed by atoms with Gasteiger partial charge in [-0.25, -0.2) is 0 Å². The van der Waals surface area contributed by atoms with Gasteiger partial charge in [0.15, 0.2) is 0 Å². The summed E-state index contributed by atoms with van der Waals surface area (Å²) in [5.74, 6) is 1.29. The van der Waals surface area contributed by atoms with Gasteiger partial charge in [0, 0.05) is 11.0 Å². The van der Waals surface area contributed by atoms with Crippen LogP contribution in [-0.2, 0) is 0 Å². The summed E-state index contributed by atoms with van der Waals surface area (Å²) in [6.45, 7) is 1.65. The first-order valence-corrected chi connectivity index (χ1v) is 7.88. The van der Waals surface area contributed by atoms with E-state index in [2.05, 4.69) is 21.2 Å². The van der Waals surface area contributed by atoms with Crippen molar-refractivity contribution in [2.75, 3.05) is 19.7 Å². The van der Waals surface area contributed by atoms with Crippen molar-refractivity contribution in [3.63, 3.8) is 0 Å². The second-order valence-corrected chi connectivity index (χ2v) is 6.33. The maximum Gasteiger partial charge on any atom is 0.119 e. The molecule has 0 aliphatic heterocycles. The van der Waals surface area contributed by atoms with E-state index in [4.69, 9.17) is 4.74 Å². The van der Waals surface area contributed by atoms with E-state index >= 15 is 0 Å². The van der Waals surface area contributed by atoms with Gasteiger partial charge >= 0.3 is 0 Å². The van der Waals surface area contributed by atoms with Crippen molar-refractivity contribution in [2.24, 2.45) is 5.92 Å². The lowest BCUT2D eigenvalue weighted by Crippen LogP contribution is -2.34. The highest BCUT2D eigenvalue weighted by Gasteiger charge is 2.22. The number of nitrogens with one attached hydrogen (secondary N) is 1. The second kappa shape index (κ2) is 7.98. The van der Waals surface area contributed by atoms with E-state index in [-0.39, 0.29) is 12.7 Å². The van der Waals surface area contributed by atoms with Gasteiger partial charge in [0.25, 0.3) is 0 Å². The summed E-state index contributed by atoms with van der Waals surface area (Å²) >= 11 is 3.36. The lowest BCUT2D eigenvalue weighted by Gasteiger charge is -2.15. The highest BCUT2D eigenvalue weighted by atomic mass is 79.9. The zero-order valence-electron chi connectivity index (χ0n) is 11.5. The van der Waals surface area contributed by atoms with Crippen molar-refractivity contribution < 1.29 is 14.9 Å². The third-order valence-corrected chi connectivity index (χ3v) is 4.11. The van der Waals surface area contributed by atoms with Gasteiger partial charge in [-0.15, -0.1) is 0 Å². The highest BCUT2D eigenvalue weighted by Crippen LogP contribution is 2.24. The first-order valence-electron chi connectivity index (χ1n) is 7.08. The minimum atomic E-state index is -0.523. The van der Waals surface area contributed by atoms with Crippen LogP contribution in [-0.4, -0.2) is 42.1 Å². The number of aliphatic hydroxyl groups excluding tert-OH is 2. The van der Waals surface area contributed by atoms with Gasteiger partial charge in [0.1, 0.15) is 18.5 Å². The number of hydrogen-bond donors (Lipinski definition) is 3. The molecule has 3 atom stereocenters. The van der Waals surface area contributed by atoms with Crippen LogP contribution in [0.2, 0.25) is 0 Å². The number of halogens is 1. The van der Waals surface area contributed by atoms with E-state index in [1.807, 2.05) is 24.3 Å². The second-order valence-electron chi connectivity index (χ2n) is 5.41. The lowest BCUT2D eigenvalue weighted by atomic mass is 10.1. The minimum absolute atomic E-state index is 0.132. The van der Waals surface area contributed by atoms with Crippen molar-refractivity contribution in [2.45, 2.75) is 31.5 Å². The van der Waals surface area contributed by atoms with E-state index in [1.54, 1.807) is 0 Å². The molecule has 5 heteroatoms. The standard InChI is InChI=1S/C15H22BrNO3/c16-12-2-5-15(6-3-12)20-10-14(19)9-17-8-11-1-4-13(18)7-11/h2-3,5-6,11,13-14,17-19H,1,4,7-10H2. The molecule has 0 heterocycles. The van der Waals surface area contributed by atoms with Crippen LogP contribution in [0, 0.1) is 5.92 Å². The fourth-order valence-corrected chi connectivity index (χ4v) is 2.73. The molecule has 1 aromatic rings. The van der Waals surface area contributed by atoms with Gasteiger partial charge < -0.3 is 20.3 Å². The number of aliphatic hydroxyl groups is 2. The average molecular weight is 344 g/mol. The molecule has 0 saturated heterocycles. The normalized spacial score (nSPS) is 23.8. The summed E-state index contributed by atoms with van der Waals surface area (Å²) in [7, 11) is 0.